The Kier molecular flexibility index (Phi) is 4.96. The van der Waals surface area contributed by atoms with Crippen LogP contribution in [0.3, 0.4) is 0 Å². The van der Waals surface area contributed by atoms with E-state index in [2.05, 4.69) is 16.3 Å². The summed E-state index contributed by atoms with van der Waals surface area (Å²) in [6, 6.07) is 15.3. The van der Waals surface area contributed by atoms with Crippen LogP contribution in [0.5, 0.6) is 0 Å². The van der Waals surface area contributed by atoms with E-state index >= 15 is 0 Å². The molecule has 1 aliphatic rings. The molecule has 4 rings (SSSR count). The number of oxazole rings is 1. The number of carbonyl (C=O) groups excluding carboxylic acids is 1. The van der Waals surface area contributed by atoms with Crippen molar-refractivity contribution in [2.75, 3.05) is 23.3 Å². The number of carbonyl (C=O) groups is 1. The van der Waals surface area contributed by atoms with Crippen molar-refractivity contribution in [3.05, 3.63) is 59.1 Å². The quantitative estimate of drug-likeness (QED) is 0.725. The van der Waals surface area contributed by atoms with E-state index in [1.165, 1.54) is 12.8 Å². The fourth-order valence-electron chi connectivity index (χ4n) is 3.65. The number of aryl methyl sites for hydroxylation is 1. The van der Waals surface area contributed by atoms with E-state index in [4.69, 9.17) is 4.42 Å². The van der Waals surface area contributed by atoms with Crippen molar-refractivity contribution >= 4 is 28.4 Å². The Labute approximate surface area is 157 Å². The topological polar surface area (TPSA) is 67.5 Å². The molecule has 0 atom stereocenters. The highest BCUT2D eigenvalue weighted by Crippen LogP contribution is 2.28. The average Bonchev–Trinajstić information content (AvgIpc) is 3.31. The summed E-state index contributed by atoms with van der Waals surface area (Å²) >= 11 is 0. The first-order valence-corrected chi connectivity index (χ1v) is 9.44. The fourth-order valence-corrected chi connectivity index (χ4v) is 3.65. The van der Waals surface area contributed by atoms with Gasteiger partial charge in [0.25, 0.3) is 0 Å². The molecule has 1 amide bonds. The molecule has 6 heteroatoms. The second-order valence-corrected chi connectivity index (χ2v) is 6.85. The Morgan fingerprint density at radius 2 is 1.78 bits per heavy atom. The predicted octanol–water partition coefficient (Wildman–Crippen LogP) is 3.61. The lowest BCUT2D eigenvalue weighted by atomic mass is 10.2. The van der Waals surface area contributed by atoms with E-state index in [0.29, 0.717) is 25.0 Å². The van der Waals surface area contributed by atoms with Gasteiger partial charge in [0.2, 0.25) is 5.91 Å². The maximum atomic E-state index is 12.4. The molecule has 1 aromatic heterocycles. The van der Waals surface area contributed by atoms with Gasteiger partial charge in [-0.15, -0.1) is 0 Å². The normalized spacial score (nSPS) is 14.0. The number of rotatable bonds is 6. The van der Waals surface area contributed by atoms with Crippen molar-refractivity contribution in [2.45, 2.75) is 32.2 Å². The number of hydrogen-bond donors (Lipinski definition) is 1. The van der Waals surface area contributed by atoms with Crippen molar-refractivity contribution in [3.63, 3.8) is 0 Å². The second kappa shape index (κ2) is 7.70. The van der Waals surface area contributed by atoms with E-state index in [1.54, 1.807) is 10.6 Å². The van der Waals surface area contributed by atoms with Crippen LogP contribution in [-0.4, -0.2) is 23.6 Å². The van der Waals surface area contributed by atoms with E-state index in [-0.39, 0.29) is 11.7 Å². The molecule has 140 valence electrons. The van der Waals surface area contributed by atoms with Crippen LogP contribution >= 0.6 is 0 Å². The molecule has 0 aliphatic carbocycles. The van der Waals surface area contributed by atoms with Gasteiger partial charge in [0.1, 0.15) is 0 Å². The van der Waals surface area contributed by atoms with Gasteiger partial charge in [-0.1, -0.05) is 24.3 Å². The molecule has 0 spiro atoms. The first kappa shape index (κ1) is 17.4. The Balaban J connectivity index is 1.38. The summed E-state index contributed by atoms with van der Waals surface area (Å²) < 4.78 is 6.81. The predicted molar refractivity (Wildman–Crippen MR) is 106 cm³/mol. The smallest absolute Gasteiger partial charge is 0.408 e. The maximum absolute atomic E-state index is 12.4. The summed E-state index contributed by atoms with van der Waals surface area (Å²) in [5, 5.41) is 3.03. The first-order chi connectivity index (χ1) is 13.2. The third kappa shape index (κ3) is 3.74. The van der Waals surface area contributed by atoms with Crippen molar-refractivity contribution in [1.82, 2.24) is 4.57 Å². The highest BCUT2D eigenvalue weighted by Gasteiger charge is 2.16. The molecule has 1 aliphatic heterocycles. The van der Waals surface area contributed by atoms with Gasteiger partial charge in [0, 0.05) is 26.1 Å². The molecule has 0 radical (unpaired) electrons. The summed E-state index contributed by atoms with van der Waals surface area (Å²) in [6.45, 7) is 2.52. The summed E-state index contributed by atoms with van der Waals surface area (Å²) in [5.74, 6) is -0.418. The van der Waals surface area contributed by atoms with E-state index in [1.807, 2.05) is 36.4 Å². The lowest BCUT2D eigenvalue weighted by Gasteiger charge is -2.21. The van der Waals surface area contributed by atoms with Crippen LogP contribution in [0.4, 0.5) is 11.4 Å². The van der Waals surface area contributed by atoms with Crippen LogP contribution < -0.4 is 16.0 Å². The van der Waals surface area contributed by atoms with Gasteiger partial charge in [-0.05, 0) is 43.5 Å². The van der Waals surface area contributed by atoms with Crippen LogP contribution in [0.2, 0.25) is 0 Å². The molecule has 3 aromatic rings. The molecule has 0 unspecified atom stereocenters. The van der Waals surface area contributed by atoms with Crippen LogP contribution in [0, 0.1) is 0 Å². The number of para-hydroxylation sites is 4. The first-order valence-electron chi connectivity index (χ1n) is 9.44. The second-order valence-electron chi connectivity index (χ2n) is 6.85. The lowest BCUT2D eigenvalue weighted by molar-refractivity contribution is -0.116. The highest BCUT2D eigenvalue weighted by atomic mass is 16.4. The van der Waals surface area contributed by atoms with E-state index in [9.17, 15) is 9.59 Å². The molecule has 1 saturated heterocycles. The van der Waals surface area contributed by atoms with Crippen LogP contribution in [0.25, 0.3) is 11.1 Å². The average molecular weight is 365 g/mol. The minimum absolute atomic E-state index is 0.0394. The zero-order chi connectivity index (χ0) is 18.6. The highest BCUT2D eigenvalue weighted by molar-refractivity contribution is 5.94. The number of amides is 1. The monoisotopic (exact) mass is 365 g/mol. The number of hydrogen-bond acceptors (Lipinski definition) is 4. The Hall–Kier alpha value is -3.02. The number of anilines is 2. The molecule has 27 heavy (non-hydrogen) atoms. The molecule has 0 bridgehead atoms. The Bertz CT molecular complexity index is 999. The Morgan fingerprint density at radius 1 is 1.04 bits per heavy atom. The SMILES string of the molecule is O=C(CCCn1c(=O)oc2ccccc21)Nc1ccccc1N1CCCC1. The summed E-state index contributed by atoms with van der Waals surface area (Å²) in [7, 11) is 0. The molecule has 0 saturated carbocycles. The van der Waals surface area contributed by atoms with Gasteiger partial charge in [-0.25, -0.2) is 4.79 Å². The number of nitrogens with one attached hydrogen (secondary N) is 1. The number of aromatic nitrogens is 1. The number of fused-ring (bicyclic) bond motifs is 1. The zero-order valence-electron chi connectivity index (χ0n) is 15.2. The molecule has 1 fully saturated rings. The van der Waals surface area contributed by atoms with Crippen LogP contribution in [-0.2, 0) is 11.3 Å². The maximum Gasteiger partial charge on any atom is 0.419 e. The Morgan fingerprint density at radius 3 is 2.63 bits per heavy atom. The molecule has 1 N–H and O–H groups in total. The minimum Gasteiger partial charge on any atom is -0.408 e. The van der Waals surface area contributed by atoms with E-state index < -0.39 is 0 Å². The van der Waals surface area contributed by atoms with Gasteiger partial charge in [0.05, 0.1) is 16.9 Å². The fraction of sp³-hybridized carbons (Fsp3) is 0.333. The van der Waals surface area contributed by atoms with Crippen LogP contribution in [0.1, 0.15) is 25.7 Å². The standard InChI is InChI=1S/C21H23N3O3/c25-20(22-16-8-1-2-9-17(16)23-13-5-6-14-23)12-7-15-24-18-10-3-4-11-19(18)27-21(24)26/h1-4,8-11H,5-7,12-15H2,(H,22,25). The van der Waals surface area contributed by atoms with Gasteiger partial charge in [-0.2, -0.15) is 0 Å². The van der Waals surface area contributed by atoms with Crippen molar-refractivity contribution in [2.24, 2.45) is 0 Å². The molecular weight excluding hydrogens is 342 g/mol. The van der Waals surface area contributed by atoms with E-state index in [0.717, 1.165) is 30.0 Å². The number of benzene rings is 2. The third-order valence-electron chi connectivity index (χ3n) is 4.98. The lowest BCUT2D eigenvalue weighted by Crippen LogP contribution is -2.21. The largest absolute Gasteiger partial charge is 0.419 e. The zero-order valence-corrected chi connectivity index (χ0v) is 15.2. The van der Waals surface area contributed by atoms with Crippen LogP contribution in [0.15, 0.2) is 57.7 Å². The van der Waals surface area contributed by atoms with Gasteiger partial charge in [-0.3, -0.25) is 9.36 Å². The summed E-state index contributed by atoms with van der Waals surface area (Å²) in [4.78, 5) is 26.7. The van der Waals surface area contributed by atoms with Gasteiger partial charge < -0.3 is 14.6 Å². The van der Waals surface area contributed by atoms with Crippen molar-refractivity contribution in [1.29, 1.82) is 0 Å². The molecule has 6 nitrogen and oxygen atoms in total. The summed E-state index contributed by atoms with van der Waals surface area (Å²) in [5.41, 5.74) is 3.28. The summed E-state index contributed by atoms with van der Waals surface area (Å²) in [6.07, 6.45) is 3.30. The number of nitrogens with zero attached hydrogens (tertiary/aromatic N) is 2. The molecule has 2 aromatic carbocycles. The molecular formula is C21H23N3O3. The minimum atomic E-state index is -0.379. The van der Waals surface area contributed by atoms with Gasteiger partial charge in [0.15, 0.2) is 5.58 Å². The van der Waals surface area contributed by atoms with Crippen molar-refractivity contribution in [3.8, 4) is 0 Å². The van der Waals surface area contributed by atoms with Gasteiger partial charge >= 0.3 is 5.76 Å². The molecule has 2 heterocycles. The third-order valence-corrected chi connectivity index (χ3v) is 4.98. The van der Waals surface area contributed by atoms with Crippen molar-refractivity contribution < 1.29 is 9.21 Å².